The van der Waals surface area contributed by atoms with Crippen LogP contribution in [0.3, 0.4) is 0 Å². The summed E-state index contributed by atoms with van der Waals surface area (Å²) < 4.78 is 13.4. The number of ether oxygens (including phenoxy) is 2. The van der Waals surface area contributed by atoms with Crippen LogP contribution < -0.4 is 26.0 Å². The van der Waals surface area contributed by atoms with Crippen molar-refractivity contribution in [2.24, 2.45) is 0 Å². The molecule has 0 aliphatic carbocycles. The summed E-state index contributed by atoms with van der Waals surface area (Å²) in [5, 5.41) is 2.82. The third-order valence-corrected chi connectivity index (χ3v) is 5.89. The smallest absolute Gasteiger partial charge is 0.328 e. The largest absolute Gasteiger partial charge is 0.454 e. The van der Waals surface area contributed by atoms with Crippen LogP contribution in [0.15, 0.2) is 88.7 Å². The Bertz CT molecular complexity index is 1740. The summed E-state index contributed by atoms with van der Waals surface area (Å²) in [6.07, 6.45) is 2.90. The second kappa shape index (κ2) is 8.58. The quantitative estimate of drug-likeness (QED) is 0.398. The minimum Gasteiger partial charge on any atom is -0.454 e. The first-order valence-corrected chi connectivity index (χ1v) is 11.1. The molecule has 0 fully saturated rings. The molecule has 10 nitrogen and oxygen atoms in total. The molecular weight excluding hydrogens is 462 g/mol. The number of nitrogens with zero attached hydrogens (tertiary/aromatic N) is 3. The third kappa shape index (κ3) is 3.70. The molecule has 6 rings (SSSR count). The van der Waals surface area contributed by atoms with Crippen LogP contribution in [0.25, 0.3) is 16.9 Å². The fourth-order valence-corrected chi connectivity index (χ4v) is 4.13. The summed E-state index contributed by atoms with van der Waals surface area (Å²) in [5.41, 5.74) is 1.09. The van der Waals surface area contributed by atoms with Crippen LogP contribution in [0, 0.1) is 0 Å². The summed E-state index contributed by atoms with van der Waals surface area (Å²) >= 11 is 0. The summed E-state index contributed by atoms with van der Waals surface area (Å²) in [6.45, 7) is 0.0695. The van der Waals surface area contributed by atoms with E-state index in [9.17, 15) is 14.4 Å². The van der Waals surface area contributed by atoms with Gasteiger partial charge in [-0.05, 0) is 29.8 Å². The van der Waals surface area contributed by atoms with E-state index in [1.165, 1.54) is 0 Å². The average Bonchev–Trinajstić information content (AvgIpc) is 3.51. The van der Waals surface area contributed by atoms with Crippen LogP contribution in [-0.2, 0) is 6.54 Å². The summed E-state index contributed by atoms with van der Waals surface area (Å²) in [4.78, 5) is 46.2. The number of fused-ring (bicyclic) bond motifs is 2. The van der Waals surface area contributed by atoms with Crippen LogP contribution in [0.2, 0.25) is 0 Å². The number of benzene rings is 2. The van der Waals surface area contributed by atoms with E-state index in [4.69, 9.17) is 9.47 Å². The molecule has 0 saturated carbocycles. The van der Waals surface area contributed by atoms with Gasteiger partial charge in [0.15, 0.2) is 11.5 Å². The number of anilines is 1. The number of aromatic amines is 1. The van der Waals surface area contributed by atoms with Gasteiger partial charge < -0.3 is 19.8 Å². The molecule has 1 amide bonds. The highest BCUT2D eigenvalue weighted by Crippen LogP contribution is 2.32. The van der Waals surface area contributed by atoms with Gasteiger partial charge in [-0.2, -0.15) is 0 Å². The number of hydrogen-bond acceptors (Lipinski definition) is 6. The Hall–Kier alpha value is -5.12. The number of amides is 1. The van der Waals surface area contributed by atoms with Gasteiger partial charge in [-0.15, -0.1) is 0 Å². The molecule has 1 aliphatic rings. The molecule has 3 aromatic heterocycles. The normalized spacial score (nSPS) is 12.1. The molecule has 36 heavy (non-hydrogen) atoms. The fourth-order valence-electron chi connectivity index (χ4n) is 4.13. The van der Waals surface area contributed by atoms with Crippen LogP contribution in [0.4, 0.5) is 5.82 Å². The Kier molecular flexibility index (Phi) is 5.11. The highest BCUT2D eigenvalue weighted by Gasteiger charge is 2.21. The van der Waals surface area contributed by atoms with Gasteiger partial charge in [0.05, 0.1) is 6.54 Å². The van der Waals surface area contributed by atoms with Crippen molar-refractivity contribution < 1.29 is 14.3 Å². The Morgan fingerprint density at radius 1 is 1.00 bits per heavy atom. The van der Waals surface area contributed by atoms with Crippen LogP contribution in [-0.4, -0.2) is 31.6 Å². The van der Waals surface area contributed by atoms with Gasteiger partial charge in [-0.25, -0.2) is 9.78 Å². The van der Waals surface area contributed by atoms with Crippen molar-refractivity contribution in [2.45, 2.75) is 6.54 Å². The van der Waals surface area contributed by atoms with E-state index in [2.05, 4.69) is 15.3 Å². The number of hydrogen-bond donors (Lipinski definition) is 2. The fraction of sp³-hybridized carbons (Fsp3) is 0.0769. The van der Waals surface area contributed by atoms with Crippen LogP contribution >= 0.6 is 0 Å². The molecule has 178 valence electrons. The molecular formula is C26H19N5O5. The van der Waals surface area contributed by atoms with Crippen LogP contribution in [0.1, 0.15) is 15.9 Å². The third-order valence-electron chi connectivity index (χ3n) is 5.89. The molecule has 0 atom stereocenters. The predicted octanol–water partition coefficient (Wildman–Crippen LogP) is 2.88. The zero-order chi connectivity index (χ0) is 24.6. The maximum absolute atomic E-state index is 13.3. The highest BCUT2D eigenvalue weighted by atomic mass is 16.7. The minimum atomic E-state index is -0.719. The van der Waals surface area contributed by atoms with Crippen molar-refractivity contribution in [3.05, 3.63) is 111 Å². The lowest BCUT2D eigenvalue weighted by molar-refractivity contribution is 0.102. The standard InChI is InChI=1S/C26H19N5O5/c32-24(29-23-22(17-6-2-1-3-7-17)28-21-8-4-5-11-30(21)23)18-13-27-26(34)31(25(18)33)14-16-9-10-19-20(12-16)36-15-35-19/h1-13H,14-15H2,(H,27,34)(H,29,32). The minimum absolute atomic E-state index is 0.0448. The van der Waals surface area contributed by atoms with E-state index >= 15 is 0 Å². The number of imidazole rings is 1. The first-order chi connectivity index (χ1) is 17.6. The maximum atomic E-state index is 13.3. The summed E-state index contributed by atoms with van der Waals surface area (Å²) in [5.74, 6) is 0.871. The first-order valence-electron chi connectivity index (χ1n) is 11.1. The Balaban J connectivity index is 1.37. The van der Waals surface area contributed by atoms with E-state index in [-0.39, 0.29) is 18.9 Å². The van der Waals surface area contributed by atoms with Crippen molar-refractivity contribution in [3.8, 4) is 22.8 Å². The Morgan fingerprint density at radius 2 is 1.81 bits per heavy atom. The molecule has 0 bridgehead atoms. The van der Waals surface area contributed by atoms with Crippen molar-refractivity contribution in [2.75, 3.05) is 12.1 Å². The van der Waals surface area contributed by atoms with E-state index < -0.39 is 17.2 Å². The molecule has 0 saturated heterocycles. The average molecular weight is 481 g/mol. The van der Waals surface area contributed by atoms with E-state index in [0.717, 1.165) is 16.3 Å². The number of nitrogens with one attached hydrogen (secondary N) is 2. The van der Waals surface area contributed by atoms with Crippen molar-refractivity contribution >= 4 is 17.4 Å². The predicted molar refractivity (Wildman–Crippen MR) is 132 cm³/mol. The zero-order valence-electron chi connectivity index (χ0n) is 18.8. The molecule has 0 spiro atoms. The molecule has 2 N–H and O–H groups in total. The second-order valence-electron chi connectivity index (χ2n) is 8.14. The van der Waals surface area contributed by atoms with Crippen LogP contribution in [0.5, 0.6) is 11.5 Å². The monoisotopic (exact) mass is 481 g/mol. The van der Waals surface area contributed by atoms with Gasteiger partial charge in [-0.1, -0.05) is 42.5 Å². The summed E-state index contributed by atoms with van der Waals surface area (Å²) in [6, 6.07) is 20.0. The van der Waals surface area contributed by atoms with Crippen molar-refractivity contribution in [3.63, 3.8) is 0 Å². The lowest BCUT2D eigenvalue weighted by Crippen LogP contribution is -2.39. The van der Waals surface area contributed by atoms with Gasteiger partial charge in [0.25, 0.3) is 11.5 Å². The lowest BCUT2D eigenvalue weighted by Gasteiger charge is -2.10. The van der Waals surface area contributed by atoms with Gasteiger partial charge in [0.2, 0.25) is 6.79 Å². The summed E-state index contributed by atoms with van der Waals surface area (Å²) in [7, 11) is 0. The first kappa shape index (κ1) is 21.4. The molecule has 0 radical (unpaired) electrons. The zero-order valence-corrected chi connectivity index (χ0v) is 18.8. The number of carbonyl (C=O) groups is 1. The molecule has 2 aromatic carbocycles. The number of carbonyl (C=O) groups excluding carboxylic acids is 1. The Labute approximate surface area is 203 Å². The molecule has 4 heterocycles. The van der Waals surface area contributed by atoms with Crippen molar-refractivity contribution in [1.82, 2.24) is 18.9 Å². The topological polar surface area (TPSA) is 120 Å². The van der Waals surface area contributed by atoms with Gasteiger partial charge in [0.1, 0.15) is 22.7 Å². The van der Waals surface area contributed by atoms with E-state index in [0.29, 0.717) is 34.2 Å². The number of H-pyrrole nitrogens is 1. The second-order valence-corrected chi connectivity index (χ2v) is 8.14. The number of pyridine rings is 1. The molecule has 1 aliphatic heterocycles. The SMILES string of the molecule is O=C(Nc1c(-c2ccccc2)nc2ccccn12)c1c[nH]c(=O)n(Cc2ccc3c(c2)OCO3)c1=O. The van der Waals surface area contributed by atoms with E-state index in [1.807, 2.05) is 48.5 Å². The number of aromatic nitrogens is 4. The maximum Gasteiger partial charge on any atom is 0.328 e. The highest BCUT2D eigenvalue weighted by molar-refractivity contribution is 6.05. The van der Waals surface area contributed by atoms with Gasteiger partial charge in [-0.3, -0.25) is 18.6 Å². The number of rotatable bonds is 5. The van der Waals surface area contributed by atoms with E-state index in [1.54, 1.807) is 28.8 Å². The lowest BCUT2D eigenvalue weighted by atomic mass is 10.1. The van der Waals surface area contributed by atoms with Gasteiger partial charge >= 0.3 is 5.69 Å². The van der Waals surface area contributed by atoms with Gasteiger partial charge in [0, 0.05) is 18.0 Å². The molecule has 0 unspecified atom stereocenters. The molecule has 5 aromatic rings. The Morgan fingerprint density at radius 3 is 2.67 bits per heavy atom. The van der Waals surface area contributed by atoms with Crippen molar-refractivity contribution in [1.29, 1.82) is 0 Å². The molecule has 10 heteroatoms.